The summed E-state index contributed by atoms with van der Waals surface area (Å²) in [6.07, 6.45) is 2.07. The van der Waals surface area contributed by atoms with Crippen LogP contribution in [0.1, 0.15) is 66.1 Å². The molecule has 1 heterocycles. The molecule has 24 heavy (non-hydrogen) atoms. The molecule has 0 saturated heterocycles. The molecule has 2 atom stereocenters. The Morgan fingerprint density at radius 1 is 1.42 bits per heavy atom. The maximum absolute atomic E-state index is 12.2. The summed E-state index contributed by atoms with van der Waals surface area (Å²) in [7, 11) is 0. The van der Waals surface area contributed by atoms with Crippen LogP contribution >= 0.6 is 0 Å². The van der Waals surface area contributed by atoms with E-state index in [0.717, 1.165) is 12.8 Å². The summed E-state index contributed by atoms with van der Waals surface area (Å²) in [6, 6.07) is 0. The first-order chi connectivity index (χ1) is 11.0. The van der Waals surface area contributed by atoms with Crippen LogP contribution in [0.4, 0.5) is 4.79 Å². The molecule has 7 heteroatoms. The van der Waals surface area contributed by atoms with Gasteiger partial charge in [0.05, 0.1) is 0 Å². The Labute approximate surface area is 143 Å². The molecule has 1 aromatic rings. The molecule has 1 aromatic heterocycles. The zero-order chi connectivity index (χ0) is 18.2. The zero-order valence-electron chi connectivity index (χ0n) is 15.5. The van der Waals surface area contributed by atoms with E-state index in [0.29, 0.717) is 18.2 Å². The molecular formula is C17H29N3O4. The van der Waals surface area contributed by atoms with Gasteiger partial charge in [-0.15, -0.1) is 0 Å². The minimum Gasteiger partial charge on any atom is -0.444 e. The SMILES string of the molecule is CC(C)(C)OC(=O)N[C@@]1(C)CC[C@@H](Cc2noc(CO)n2)C1(C)C. The maximum Gasteiger partial charge on any atom is 0.408 e. The van der Waals surface area contributed by atoms with Crippen LogP contribution in [-0.2, 0) is 17.8 Å². The summed E-state index contributed by atoms with van der Waals surface area (Å²) >= 11 is 0. The van der Waals surface area contributed by atoms with E-state index in [-0.39, 0.29) is 29.5 Å². The molecule has 1 saturated carbocycles. The summed E-state index contributed by atoms with van der Waals surface area (Å²) < 4.78 is 10.4. The molecule has 7 nitrogen and oxygen atoms in total. The first-order valence-electron chi connectivity index (χ1n) is 8.40. The van der Waals surface area contributed by atoms with Crippen molar-refractivity contribution in [1.82, 2.24) is 15.5 Å². The zero-order valence-corrected chi connectivity index (χ0v) is 15.5. The van der Waals surface area contributed by atoms with E-state index in [1.807, 2.05) is 20.8 Å². The highest BCUT2D eigenvalue weighted by atomic mass is 16.6. The number of aliphatic hydroxyl groups excluding tert-OH is 1. The number of ether oxygens (including phenoxy) is 1. The van der Waals surface area contributed by atoms with Crippen molar-refractivity contribution in [2.45, 2.75) is 78.6 Å². The molecule has 0 radical (unpaired) electrons. The van der Waals surface area contributed by atoms with Gasteiger partial charge in [0, 0.05) is 12.0 Å². The highest BCUT2D eigenvalue weighted by Gasteiger charge is 2.52. The van der Waals surface area contributed by atoms with Crippen LogP contribution in [0.5, 0.6) is 0 Å². The van der Waals surface area contributed by atoms with Gasteiger partial charge in [-0.2, -0.15) is 4.98 Å². The van der Waals surface area contributed by atoms with E-state index >= 15 is 0 Å². The van der Waals surface area contributed by atoms with Crippen molar-refractivity contribution in [2.75, 3.05) is 0 Å². The number of carbonyl (C=O) groups excluding carboxylic acids is 1. The van der Waals surface area contributed by atoms with Crippen LogP contribution in [0.15, 0.2) is 4.52 Å². The number of amides is 1. The van der Waals surface area contributed by atoms with E-state index in [1.165, 1.54) is 0 Å². The van der Waals surface area contributed by atoms with Crippen molar-refractivity contribution < 1.29 is 19.2 Å². The second kappa shape index (κ2) is 6.35. The Balaban J connectivity index is 2.06. The largest absolute Gasteiger partial charge is 0.444 e. The maximum atomic E-state index is 12.2. The number of rotatable bonds is 4. The van der Waals surface area contributed by atoms with Gasteiger partial charge in [0.1, 0.15) is 12.2 Å². The van der Waals surface area contributed by atoms with Crippen molar-refractivity contribution in [3.63, 3.8) is 0 Å². The smallest absolute Gasteiger partial charge is 0.408 e. The van der Waals surface area contributed by atoms with Crippen molar-refractivity contribution in [2.24, 2.45) is 11.3 Å². The lowest BCUT2D eigenvalue weighted by Crippen LogP contribution is -2.55. The number of nitrogens with zero attached hydrogens (tertiary/aromatic N) is 2. The monoisotopic (exact) mass is 339 g/mol. The van der Waals surface area contributed by atoms with E-state index in [1.54, 1.807) is 0 Å². The normalized spacial score (nSPS) is 26.4. The van der Waals surface area contributed by atoms with Gasteiger partial charge >= 0.3 is 6.09 Å². The molecule has 2 N–H and O–H groups in total. The summed E-state index contributed by atoms with van der Waals surface area (Å²) in [5, 5.41) is 16.0. The van der Waals surface area contributed by atoms with Gasteiger partial charge in [-0.1, -0.05) is 19.0 Å². The lowest BCUT2D eigenvalue weighted by atomic mass is 9.70. The Morgan fingerprint density at radius 3 is 2.62 bits per heavy atom. The average Bonchev–Trinajstić information content (AvgIpc) is 2.95. The van der Waals surface area contributed by atoms with Gasteiger partial charge in [0.15, 0.2) is 5.82 Å². The predicted octanol–water partition coefficient (Wildman–Crippen LogP) is 2.82. The number of hydrogen-bond donors (Lipinski definition) is 2. The highest BCUT2D eigenvalue weighted by Crippen LogP contribution is 2.51. The average molecular weight is 339 g/mol. The molecule has 0 aliphatic heterocycles. The standard InChI is InChI=1S/C17H29N3O4/c1-15(2,3)23-14(22)19-17(6)8-7-11(16(17,4)5)9-12-18-13(10-21)24-20-12/h11,21H,7-10H2,1-6H3,(H,19,22)/t11-,17-/m0/s1. The lowest BCUT2D eigenvalue weighted by molar-refractivity contribution is 0.0349. The van der Waals surface area contributed by atoms with Gasteiger partial charge < -0.3 is 19.7 Å². The molecule has 2 rings (SSSR count). The molecule has 0 aromatic carbocycles. The number of hydrogen-bond acceptors (Lipinski definition) is 6. The van der Waals surface area contributed by atoms with Gasteiger partial charge in [-0.3, -0.25) is 0 Å². The van der Waals surface area contributed by atoms with Crippen molar-refractivity contribution >= 4 is 6.09 Å². The first-order valence-corrected chi connectivity index (χ1v) is 8.40. The van der Waals surface area contributed by atoms with Crippen LogP contribution < -0.4 is 5.32 Å². The summed E-state index contributed by atoms with van der Waals surface area (Å²) in [4.78, 5) is 16.4. The number of alkyl carbamates (subject to hydrolysis) is 1. The van der Waals surface area contributed by atoms with Crippen LogP contribution in [-0.4, -0.2) is 32.5 Å². The Bertz CT molecular complexity index is 591. The van der Waals surface area contributed by atoms with Gasteiger partial charge in [-0.05, 0) is 51.9 Å². The quantitative estimate of drug-likeness (QED) is 0.875. The molecule has 1 amide bonds. The Kier molecular flexibility index (Phi) is 4.95. The highest BCUT2D eigenvalue weighted by molar-refractivity contribution is 5.69. The lowest BCUT2D eigenvalue weighted by Gasteiger charge is -2.42. The van der Waals surface area contributed by atoms with Crippen LogP contribution in [0.2, 0.25) is 0 Å². The number of aliphatic hydroxyl groups is 1. The van der Waals surface area contributed by atoms with E-state index in [9.17, 15) is 4.79 Å². The van der Waals surface area contributed by atoms with Crippen molar-refractivity contribution in [3.8, 4) is 0 Å². The Hall–Kier alpha value is -1.63. The fourth-order valence-electron chi connectivity index (χ4n) is 3.36. The molecule has 0 spiro atoms. The fourth-order valence-corrected chi connectivity index (χ4v) is 3.36. The summed E-state index contributed by atoms with van der Waals surface area (Å²) in [5.41, 5.74) is -1.05. The molecule has 1 fully saturated rings. The van der Waals surface area contributed by atoms with Crippen molar-refractivity contribution in [3.05, 3.63) is 11.7 Å². The van der Waals surface area contributed by atoms with Gasteiger partial charge in [0.25, 0.3) is 5.89 Å². The number of aromatic nitrogens is 2. The van der Waals surface area contributed by atoms with E-state index in [4.69, 9.17) is 14.4 Å². The second-order valence-electron chi connectivity index (χ2n) is 8.38. The summed E-state index contributed by atoms with van der Waals surface area (Å²) in [5.74, 6) is 1.12. The minimum absolute atomic E-state index is 0.163. The third-order valence-corrected chi connectivity index (χ3v) is 5.29. The first kappa shape index (κ1) is 18.7. The topological polar surface area (TPSA) is 97.5 Å². The third-order valence-electron chi connectivity index (χ3n) is 5.29. The molecule has 1 aliphatic carbocycles. The van der Waals surface area contributed by atoms with Gasteiger partial charge in [0.2, 0.25) is 0 Å². The molecule has 1 aliphatic rings. The minimum atomic E-state index is -0.520. The molecule has 0 bridgehead atoms. The van der Waals surface area contributed by atoms with E-state index in [2.05, 4.69) is 36.2 Å². The Morgan fingerprint density at radius 2 is 2.08 bits per heavy atom. The number of nitrogens with one attached hydrogen (secondary N) is 1. The molecular weight excluding hydrogens is 310 g/mol. The van der Waals surface area contributed by atoms with Gasteiger partial charge in [-0.25, -0.2) is 4.79 Å². The molecule has 0 unspecified atom stereocenters. The number of carbonyl (C=O) groups is 1. The van der Waals surface area contributed by atoms with Crippen LogP contribution in [0.3, 0.4) is 0 Å². The fraction of sp³-hybridized carbons (Fsp3) is 0.824. The van der Waals surface area contributed by atoms with Crippen LogP contribution in [0.25, 0.3) is 0 Å². The van der Waals surface area contributed by atoms with Crippen LogP contribution in [0, 0.1) is 11.3 Å². The summed E-state index contributed by atoms with van der Waals surface area (Å²) in [6.45, 7) is 11.7. The van der Waals surface area contributed by atoms with Crippen molar-refractivity contribution in [1.29, 1.82) is 0 Å². The second-order valence-corrected chi connectivity index (χ2v) is 8.38. The predicted molar refractivity (Wildman–Crippen MR) is 88.2 cm³/mol. The van der Waals surface area contributed by atoms with E-state index < -0.39 is 5.60 Å². The third kappa shape index (κ3) is 3.88. The molecule has 136 valence electrons.